The summed E-state index contributed by atoms with van der Waals surface area (Å²) >= 11 is 0. The maximum atomic E-state index is 5.90. The van der Waals surface area contributed by atoms with E-state index in [4.69, 9.17) is 15.2 Å². The summed E-state index contributed by atoms with van der Waals surface area (Å²) in [6.07, 6.45) is 1.27. The van der Waals surface area contributed by atoms with Gasteiger partial charge >= 0.3 is 0 Å². The van der Waals surface area contributed by atoms with E-state index in [1.807, 2.05) is 0 Å². The molecule has 0 radical (unpaired) electrons. The quantitative estimate of drug-likeness (QED) is 0.771. The first kappa shape index (κ1) is 12.0. The van der Waals surface area contributed by atoms with Crippen molar-refractivity contribution in [3.8, 4) is 11.5 Å². The first-order valence-corrected chi connectivity index (χ1v) is 5.25. The molecule has 3 N–H and O–H groups in total. The molecule has 0 spiro atoms. The minimum absolute atomic E-state index is 0.413. The van der Waals surface area contributed by atoms with Gasteiger partial charge in [0.2, 0.25) is 6.39 Å². The lowest BCUT2D eigenvalue weighted by molar-refractivity contribution is 0.355. The third kappa shape index (κ3) is 2.45. The van der Waals surface area contributed by atoms with Crippen LogP contribution in [0.15, 0.2) is 23.0 Å². The van der Waals surface area contributed by atoms with Crippen LogP contribution in [0.3, 0.4) is 0 Å². The summed E-state index contributed by atoms with van der Waals surface area (Å²) in [5.74, 6) is 1.73. The largest absolute Gasteiger partial charge is 0.493 e. The minimum Gasteiger partial charge on any atom is -0.493 e. The van der Waals surface area contributed by atoms with Crippen LogP contribution in [0.2, 0.25) is 0 Å². The number of aromatic nitrogens is 2. The summed E-state index contributed by atoms with van der Waals surface area (Å²) in [4.78, 5) is 3.90. The Balaban J connectivity index is 2.17. The molecule has 0 aliphatic carbocycles. The zero-order chi connectivity index (χ0) is 13.0. The van der Waals surface area contributed by atoms with Crippen molar-refractivity contribution in [2.75, 3.05) is 25.3 Å². The number of rotatable bonds is 5. The Kier molecular flexibility index (Phi) is 3.52. The third-order valence-corrected chi connectivity index (χ3v) is 2.40. The number of hydrogen-bond acceptors (Lipinski definition) is 7. The fourth-order valence-electron chi connectivity index (χ4n) is 1.49. The van der Waals surface area contributed by atoms with Gasteiger partial charge in [0.1, 0.15) is 0 Å². The molecule has 1 aromatic heterocycles. The molecule has 0 atom stereocenters. The molecule has 1 aromatic carbocycles. The van der Waals surface area contributed by atoms with Gasteiger partial charge in [0, 0.05) is 12.1 Å². The number of nitrogens with zero attached hydrogens (tertiary/aromatic N) is 2. The minimum atomic E-state index is 0.413. The van der Waals surface area contributed by atoms with E-state index in [0.29, 0.717) is 29.6 Å². The van der Waals surface area contributed by atoms with Crippen LogP contribution in [0.1, 0.15) is 5.82 Å². The Morgan fingerprint density at radius 2 is 2.00 bits per heavy atom. The van der Waals surface area contributed by atoms with E-state index < -0.39 is 0 Å². The van der Waals surface area contributed by atoms with Crippen molar-refractivity contribution in [2.45, 2.75) is 6.54 Å². The van der Waals surface area contributed by atoms with Gasteiger partial charge in [-0.25, -0.2) is 0 Å². The number of nitrogens with one attached hydrogen (secondary N) is 1. The van der Waals surface area contributed by atoms with Gasteiger partial charge in [0.15, 0.2) is 17.3 Å². The SMILES string of the molecule is COc1cc(N)c(NCc2ncon2)cc1OC. The summed E-state index contributed by atoms with van der Waals surface area (Å²) in [5.41, 5.74) is 7.17. The van der Waals surface area contributed by atoms with Crippen LogP contribution in [0.5, 0.6) is 11.5 Å². The van der Waals surface area contributed by atoms with E-state index in [1.54, 1.807) is 26.4 Å². The fourth-order valence-corrected chi connectivity index (χ4v) is 1.49. The number of methoxy groups -OCH3 is 2. The Labute approximate surface area is 104 Å². The Morgan fingerprint density at radius 1 is 1.28 bits per heavy atom. The van der Waals surface area contributed by atoms with Gasteiger partial charge in [-0.3, -0.25) is 0 Å². The van der Waals surface area contributed by atoms with Crippen molar-refractivity contribution in [3.05, 3.63) is 24.4 Å². The number of ether oxygens (including phenoxy) is 2. The van der Waals surface area contributed by atoms with Crippen molar-refractivity contribution >= 4 is 11.4 Å². The highest BCUT2D eigenvalue weighted by Crippen LogP contribution is 2.34. The van der Waals surface area contributed by atoms with Gasteiger partial charge in [-0.15, -0.1) is 0 Å². The molecule has 0 bridgehead atoms. The van der Waals surface area contributed by atoms with Gasteiger partial charge in [-0.2, -0.15) is 4.98 Å². The van der Waals surface area contributed by atoms with Crippen molar-refractivity contribution in [2.24, 2.45) is 0 Å². The molecule has 96 valence electrons. The number of anilines is 2. The monoisotopic (exact) mass is 250 g/mol. The topological polar surface area (TPSA) is 95.4 Å². The molecule has 2 aromatic rings. The van der Waals surface area contributed by atoms with E-state index in [9.17, 15) is 0 Å². The molecular formula is C11H14N4O3. The second-order valence-corrected chi connectivity index (χ2v) is 3.50. The van der Waals surface area contributed by atoms with Gasteiger partial charge in [-0.1, -0.05) is 5.16 Å². The molecule has 7 heteroatoms. The lowest BCUT2D eigenvalue weighted by atomic mass is 10.2. The normalized spacial score (nSPS) is 10.1. The molecule has 0 fully saturated rings. The lowest BCUT2D eigenvalue weighted by Gasteiger charge is -2.13. The van der Waals surface area contributed by atoms with Crippen LogP contribution >= 0.6 is 0 Å². The first-order valence-electron chi connectivity index (χ1n) is 5.25. The standard InChI is InChI=1S/C11H14N4O3/c1-16-9-3-7(12)8(4-10(9)17-2)13-5-11-14-6-18-15-11/h3-4,6,13H,5,12H2,1-2H3. The summed E-state index contributed by atoms with van der Waals surface area (Å²) in [5, 5.41) is 6.79. The second-order valence-electron chi connectivity index (χ2n) is 3.50. The zero-order valence-electron chi connectivity index (χ0n) is 10.1. The predicted octanol–water partition coefficient (Wildman–Crippen LogP) is 1.28. The number of benzene rings is 1. The summed E-state index contributed by atoms with van der Waals surface area (Å²) in [7, 11) is 3.13. The van der Waals surface area contributed by atoms with Crippen LogP contribution in [0.4, 0.5) is 11.4 Å². The molecule has 2 rings (SSSR count). The molecule has 0 saturated carbocycles. The average molecular weight is 250 g/mol. The smallest absolute Gasteiger partial charge is 0.213 e. The summed E-state index contributed by atoms with van der Waals surface area (Å²) in [6, 6.07) is 3.45. The average Bonchev–Trinajstić information content (AvgIpc) is 2.90. The van der Waals surface area contributed by atoms with Crippen molar-refractivity contribution < 1.29 is 14.0 Å². The summed E-state index contributed by atoms with van der Waals surface area (Å²) in [6.45, 7) is 0.413. The van der Waals surface area contributed by atoms with E-state index in [-0.39, 0.29) is 0 Å². The first-order chi connectivity index (χ1) is 8.74. The van der Waals surface area contributed by atoms with E-state index >= 15 is 0 Å². The molecule has 0 unspecified atom stereocenters. The Bertz CT molecular complexity index is 513. The Morgan fingerprint density at radius 3 is 2.61 bits per heavy atom. The third-order valence-electron chi connectivity index (χ3n) is 2.40. The van der Waals surface area contributed by atoms with Crippen molar-refractivity contribution in [3.63, 3.8) is 0 Å². The summed E-state index contributed by atoms with van der Waals surface area (Å²) < 4.78 is 15.0. The van der Waals surface area contributed by atoms with E-state index in [2.05, 4.69) is 20.0 Å². The molecule has 1 heterocycles. The molecule has 0 aliphatic heterocycles. The molecule has 0 saturated heterocycles. The van der Waals surface area contributed by atoms with Crippen LogP contribution in [0, 0.1) is 0 Å². The van der Waals surface area contributed by atoms with Gasteiger partial charge < -0.3 is 25.0 Å². The maximum absolute atomic E-state index is 5.90. The zero-order valence-corrected chi connectivity index (χ0v) is 10.1. The number of nitrogens with two attached hydrogens (primary N) is 1. The molecular weight excluding hydrogens is 236 g/mol. The second kappa shape index (κ2) is 5.26. The lowest BCUT2D eigenvalue weighted by Crippen LogP contribution is -2.04. The van der Waals surface area contributed by atoms with E-state index in [1.165, 1.54) is 6.39 Å². The number of hydrogen-bond donors (Lipinski definition) is 2. The molecule has 7 nitrogen and oxygen atoms in total. The Hall–Kier alpha value is -2.44. The van der Waals surface area contributed by atoms with Crippen molar-refractivity contribution in [1.82, 2.24) is 10.1 Å². The highest BCUT2D eigenvalue weighted by molar-refractivity contribution is 5.71. The maximum Gasteiger partial charge on any atom is 0.213 e. The molecule has 0 aliphatic rings. The molecule has 18 heavy (non-hydrogen) atoms. The predicted molar refractivity (Wildman–Crippen MR) is 65.6 cm³/mol. The fraction of sp³-hybridized carbons (Fsp3) is 0.273. The van der Waals surface area contributed by atoms with Gasteiger partial charge in [0.25, 0.3) is 0 Å². The van der Waals surface area contributed by atoms with Crippen LogP contribution in [0.25, 0.3) is 0 Å². The highest BCUT2D eigenvalue weighted by atomic mass is 16.5. The van der Waals surface area contributed by atoms with Crippen LogP contribution in [-0.2, 0) is 6.54 Å². The highest BCUT2D eigenvalue weighted by Gasteiger charge is 2.09. The van der Waals surface area contributed by atoms with Gasteiger partial charge in [0.05, 0.1) is 32.1 Å². The van der Waals surface area contributed by atoms with Crippen LogP contribution < -0.4 is 20.5 Å². The van der Waals surface area contributed by atoms with Crippen molar-refractivity contribution in [1.29, 1.82) is 0 Å². The van der Waals surface area contributed by atoms with Crippen LogP contribution in [-0.4, -0.2) is 24.4 Å². The van der Waals surface area contributed by atoms with E-state index in [0.717, 1.165) is 5.69 Å². The molecule has 0 amide bonds. The number of nitrogen functional groups attached to an aromatic ring is 1. The van der Waals surface area contributed by atoms with Gasteiger partial charge in [-0.05, 0) is 0 Å².